The lowest BCUT2D eigenvalue weighted by molar-refractivity contribution is -0.137. The second kappa shape index (κ2) is 8.84. The average Bonchev–Trinajstić information content (AvgIpc) is 3.35. The summed E-state index contributed by atoms with van der Waals surface area (Å²) >= 11 is 2.93. The molecule has 0 saturated carbocycles. The van der Waals surface area contributed by atoms with Crippen molar-refractivity contribution in [3.05, 3.63) is 59.6 Å². The Bertz CT molecular complexity index is 1380. The lowest BCUT2D eigenvalue weighted by Gasteiger charge is -2.17. The second-order valence-electron chi connectivity index (χ2n) is 7.09. The molecule has 1 aliphatic rings. The Morgan fingerprint density at radius 2 is 1.94 bits per heavy atom. The molecule has 3 heterocycles. The zero-order valence-corrected chi connectivity index (χ0v) is 19.0. The van der Waals surface area contributed by atoms with Crippen LogP contribution in [-0.4, -0.2) is 55.8 Å². The Morgan fingerprint density at radius 1 is 1.16 bits per heavy atom. The van der Waals surface area contributed by atoms with Crippen molar-refractivity contribution >= 4 is 63.0 Å². The van der Waals surface area contributed by atoms with Crippen LogP contribution in [0, 0.1) is 0 Å². The van der Waals surface area contributed by atoms with Crippen LogP contribution in [0.1, 0.15) is 6.92 Å². The molecule has 7 nitrogen and oxygen atoms in total. The highest BCUT2D eigenvalue weighted by Gasteiger charge is 2.27. The van der Waals surface area contributed by atoms with Crippen LogP contribution >= 0.6 is 23.5 Å². The van der Waals surface area contributed by atoms with Crippen LogP contribution in [0.25, 0.3) is 27.6 Å². The fourth-order valence-electron chi connectivity index (χ4n) is 3.69. The molecule has 0 atom stereocenters. The number of imidazole rings is 1. The molecule has 0 radical (unpaired) electrons. The van der Waals surface area contributed by atoms with Crippen LogP contribution in [-0.2, 0) is 14.3 Å². The third kappa shape index (κ3) is 3.82. The van der Waals surface area contributed by atoms with Crippen molar-refractivity contribution in [3.63, 3.8) is 0 Å². The highest BCUT2D eigenvalue weighted by atomic mass is 32.2. The SMILES string of the molecule is CCOC(=O)/C=C1\SCC(=O)N1CCSc1nc2ccccc2c2nc3ccccc3n12. The number of hydrogen-bond donors (Lipinski definition) is 0. The smallest absolute Gasteiger partial charge is 0.333 e. The van der Waals surface area contributed by atoms with Gasteiger partial charge in [0, 0.05) is 17.7 Å². The van der Waals surface area contributed by atoms with E-state index in [-0.39, 0.29) is 5.91 Å². The maximum Gasteiger partial charge on any atom is 0.333 e. The van der Waals surface area contributed by atoms with E-state index in [4.69, 9.17) is 14.7 Å². The molecule has 0 bridgehead atoms. The van der Waals surface area contributed by atoms with Gasteiger partial charge >= 0.3 is 5.97 Å². The number of fused-ring (bicyclic) bond motifs is 5. The maximum absolute atomic E-state index is 12.4. The van der Waals surface area contributed by atoms with Gasteiger partial charge < -0.3 is 9.64 Å². The number of para-hydroxylation sites is 3. The monoisotopic (exact) mass is 464 g/mol. The minimum absolute atomic E-state index is 0.00385. The van der Waals surface area contributed by atoms with E-state index in [1.807, 2.05) is 48.5 Å². The van der Waals surface area contributed by atoms with Gasteiger partial charge in [-0.25, -0.2) is 14.8 Å². The van der Waals surface area contributed by atoms with Crippen LogP contribution in [0.5, 0.6) is 0 Å². The Hall–Kier alpha value is -3.04. The van der Waals surface area contributed by atoms with Crippen LogP contribution in [0.15, 0.2) is 64.8 Å². The van der Waals surface area contributed by atoms with Gasteiger partial charge in [0.2, 0.25) is 5.91 Å². The Morgan fingerprint density at radius 3 is 2.78 bits per heavy atom. The summed E-state index contributed by atoms with van der Waals surface area (Å²) in [6.45, 7) is 2.54. The summed E-state index contributed by atoms with van der Waals surface area (Å²) < 4.78 is 7.07. The van der Waals surface area contributed by atoms with E-state index >= 15 is 0 Å². The number of amides is 1. The Kier molecular flexibility index (Phi) is 5.75. The molecule has 4 aromatic rings. The first-order valence-corrected chi connectivity index (χ1v) is 12.2. The van der Waals surface area contributed by atoms with Gasteiger partial charge in [-0.2, -0.15) is 0 Å². The zero-order valence-electron chi connectivity index (χ0n) is 17.4. The average molecular weight is 465 g/mol. The van der Waals surface area contributed by atoms with Crippen LogP contribution < -0.4 is 0 Å². The minimum Gasteiger partial charge on any atom is -0.463 e. The van der Waals surface area contributed by atoms with Crippen LogP contribution in [0.2, 0.25) is 0 Å². The van der Waals surface area contributed by atoms with E-state index < -0.39 is 5.97 Å². The molecule has 1 saturated heterocycles. The number of nitrogens with zero attached hydrogens (tertiary/aromatic N) is 4. The molecule has 1 amide bonds. The molecule has 5 rings (SSSR count). The molecule has 32 heavy (non-hydrogen) atoms. The molecule has 0 unspecified atom stereocenters. The van der Waals surface area contributed by atoms with Gasteiger partial charge in [0.15, 0.2) is 5.16 Å². The lowest BCUT2D eigenvalue weighted by atomic mass is 10.2. The molecule has 9 heteroatoms. The molecule has 0 spiro atoms. The van der Waals surface area contributed by atoms with Crippen molar-refractivity contribution in [1.82, 2.24) is 19.3 Å². The number of carbonyl (C=O) groups is 2. The van der Waals surface area contributed by atoms with Crippen molar-refractivity contribution < 1.29 is 14.3 Å². The third-order valence-corrected chi connectivity index (χ3v) is 7.04. The van der Waals surface area contributed by atoms with E-state index in [1.54, 1.807) is 23.6 Å². The number of rotatable bonds is 6. The normalized spacial score (nSPS) is 15.5. The highest BCUT2D eigenvalue weighted by molar-refractivity contribution is 8.04. The predicted molar refractivity (Wildman–Crippen MR) is 128 cm³/mol. The van der Waals surface area contributed by atoms with Gasteiger partial charge in [0.05, 0.1) is 40.0 Å². The van der Waals surface area contributed by atoms with E-state index in [9.17, 15) is 9.59 Å². The second-order valence-corrected chi connectivity index (χ2v) is 9.15. The molecule has 0 aliphatic carbocycles. The maximum atomic E-state index is 12.4. The number of benzene rings is 2. The fraction of sp³-hybridized carbons (Fsp3) is 0.217. The quantitative estimate of drug-likeness (QED) is 0.184. The molecule has 2 aromatic carbocycles. The Labute approximate surface area is 192 Å². The largest absolute Gasteiger partial charge is 0.463 e. The van der Waals surface area contributed by atoms with Gasteiger partial charge in [-0.15, -0.1) is 0 Å². The molecule has 0 N–H and O–H groups in total. The molecule has 2 aromatic heterocycles. The van der Waals surface area contributed by atoms with Gasteiger partial charge in [-0.3, -0.25) is 9.20 Å². The molecule has 1 fully saturated rings. The van der Waals surface area contributed by atoms with E-state index in [1.165, 1.54) is 17.8 Å². The van der Waals surface area contributed by atoms with E-state index in [0.29, 0.717) is 29.7 Å². The summed E-state index contributed by atoms with van der Waals surface area (Å²) in [5, 5.41) is 2.46. The fourth-order valence-corrected chi connectivity index (χ4v) is 5.58. The zero-order chi connectivity index (χ0) is 22.1. The van der Waals surface area contributed by atoms with Crippen LogP contribution in [0.4, 0.5) is 0 Å². The van der Waals surface area contributed by atoms with Crippen molar-refractivity contribution in [2.75, 3.05) is 24.7 Å². The number of aromatic nitrogens is 3. The van der Waals surface area contributed by atoms with Crippen molar-refractivity contribution in [2.45, 2.75) is 12.1 Å². The van der Waals surface area contributed by atoms with E-state index in [2.05, 4.69) is 4.40 Å². The van der Waals surface area contributed by atoms with E-state index in [0.717, 1.165) is 32.7 Å². The van der Waals surface area contributed by atoms with Gasteiger partial charge in [0.1, 0.15) is 5.65 Å². The minimum atomic E-state index is -0.426. The first-order valence-electron chi connectivity index (χ1n) is 10.3. The van der Waals surface area contributed by atoms with Crippen molar-refractivity contribution in [2.24, 2.45) is 0 Å². The van der Waals surface area contributed by atoms with Gasteiger partial charge in [-0.05, 0) is 31.2 Å². The number of carbonyl (C=O) groups excluding carboxylic acids is 2. The molecular formula is C23H20N4O3S2. The van der Waals surface area contributed by atoms with Crippen LogP contribution in [0.3, 0.4) is 0 Å². The predicted octanol–water partition coefficient (Wildman–Crippen LogP) is 4.11. The standard InChI is InChI=1S/C23H20N4O3S2/c1-2-30-21(29)13-20-26(19(28)14-32-20)11-12-31-23-25-16-8-4-3-7-15(16)22-24-17-9-5-6-10-18(17)27(22)23/h3-10,13H,2,11-12,14H2,1H3/b20-13-. The summed E-state index contributed by atoms with van der Waals surface area (Å²) in [7, 11) is 0. The molecular weight excluding hydrogens is 444 g/mol. The third-order valence-electron chi connectivity index (χ3n) is 5.10. The number of thioether (sulfide) groups is 2. The summed E-state index contributed by atoms with van der Waals surface area (Å²) in [5.74, 6) is 0.529. The molecule has 162 valence electrons. The summed E-state index contributed by atoms with van der Waals surface area (Å²) in [6.07, 6.45) is 1.40. The van der Waals surface area contributed by atoms with Crippen molar-refractivity contribution in [1.29, 1.82) is 0 Å². The lowest BCUT2D eigenvalue weighted by Crippen LogP contribution is -2.27. The number of hydrogen-bond acceptors (Lipinski definition) is 7. The number of esters is 1. The number of ether oxygens (including phenoxy) is 1. The first kappa shape index (κ1) is 20.8. The van der Waals surface area contributed by atoms with Crippen molar-refractivity contribution in [3.8, 4) is 0 Å². The molecule has 1 aliphatic heterocycles. The Balaban J connectivity index is 1.45. The highest BCUT2D eigenvalue weighted by Crippen LogP contribution is 2.31. The summed E-state index contributed by atoms with van der Waals surface area (Å²) in [6, 6.07) is 16.0. The summed E-state index contributed by atoms with van der Waals surface area (Å²) in [5.41, 5.74) is 3.67. The summed E-state index contributed by atoms with van der Waals surface area (Å²) in [4.78, 5) is 35.6. The first-order chi connectivity index (χ1) is 15.7. The van der Waals surface area contributed by atoms with Gasteiger partial charge in [0.25, 0.3) is 0 Å². The topological polar surface area (TPSA) is 76.8 Å². The van der Waals surface area contributed by atoms with Gasteiger partial charge in [-0.1, -0.05) is 47.8 Å².